The van der Waals surface area contributed by atoms with E-state index in [1.165, 1.54) is 0 Å². The SMILES string of the molecule is COc1cccc(CCNC(=O)[C@@H]2CCC(=O)N(C3CC3)C2)c1OC. The molecule has 1 aliphatic heterocycles. The first-order valence-corrected chi connectivity index (χ1v) is 8.91. The van der Waals surface area contributed by atoms with Gasteiger partial charge in [-0.1, -0.05) is 12.1 Å². The summed E-state index contributed by atoms with van der Waals surface area (Å²) in [6.07, 6.45) is 3.96. The molecule has 0 bridgehead atoms. The molecule has 1 aromatic carbocycles. The summed E-state index contributed by atoms with van der Waals surface area (Å²) < 4.78 is 10.7. The number of para-hydroxylation sites is 1. The molecule has 0 unspecified atom stereocenters. The standard InChI is InChI=1S/C19H26N2O4/c1-24-16-5-3-4-13(18(16)25-2)10-11-20-19(23)14-6-9-17(22)21(12-14)15-7-8-15/h3-5,14-15H,6-12H2,1-2H3,(H,20,23)/t14-/m1/s1. The Hall–Kier alpha value is -2.24. The monoisotopic (exact) mass is 346 g/mol. The third kappa shape index (κ3) is 4.06. The van der Waals surface area contributed by atoms with E-state index in [9.17, 15) is 9.59 Å². The summed E-state index contributed by atoms with van der Waals surface area (Å²) in [6, 6.07) is 6.12. The maximum atomic E-state index is 12.5. The highest BCUT2D eigenvalue weighted by molar-refractivity contribution is 5.84. The topological polar surface area (TPSA) is 67.9 Å². The molecule has 1 saturated heterocycles. The molecule has 2 amide bonds. The molecule has 0 radical (unpaired) electrons. The minimum atomic E-state index is -0.0921. The Labute approximate surface area is 148 Å². The summed E-state index contributed by atoms with van der Waals surface area (Å²) in [5, 5.41) is 3.01. The minimum absolute atomic E-state index is 0.0417. The van der Waals surface area contributed by atoms with Crippen molar-refractivity contribution in [2.24, 2.45) is 5.92 Å². The number of benzene rings is 1. The number of hydrogen-bond acceptors (Lipinski definition) is 4. The van der Waals surface area contributed by atoms with Gasteiger partial charge < -0.3 is 19.7 Å². The van der Waals surface area contributed by atoms with Crippen LogP contribution in [0.25, 0.3) is 0 Å². The number of nitrogens with zero attached hydrogens (tertiary/aromatic N) is 1. The van der Waals surface area contributed by atoms with Crippen LogP contribution in [0, 0.1) is 5.92 Å². The van der Waals surface area contributed by atoms with Gasteiger partial charge in [0.25, 0.3) is 0 Å². The molecule has 6 heteroatoms. The fourth-order valence-electron chi connectivity index (χ4n) is 3.44. The van der Waals surface area contributed by atoms with Gasteiger partial charge in [-0.2, -0.15) is 0 Å². The van der Waals surface area contributed by atoms with E-state index < -0.39 is 0 Å². The Kier molecular flexibility index (Phi) is 5.46. The lowest BCUT2D eigenvalue weighted by molar-refractivity contribution is -0.138. The van der Waals surface area contributed by atoms with Gasteiger partial charge in [-0.15, -0.1) is 0 Å². The average Bonchev–Trinajstić information content (AvgIpc) is 3.46. The minimum Gasteiger partial charge on any atom is -0.493 e. The van der Waals surface area contributed by atoms with Crippen molar-refractivity contribution in [1.82, 2.24) is 10.2 Å². The van der Waals surface area contributed by atoms with Crippen molar-refractivity contribution in [3.63, 3.8) is 0 Å². The third-order valence-corrected chi connectivity index (χ3v) is 4.98. The molecule has 0 spiro atoms. The summed E-state index contributed by atoms with van der Waals surface area (Å²) in [5.74, 6) is 1.55. The number of rotatable bonds is 7. The highest BCUT2D eigenvalue weighted by Gasteiger charge is 2.38. The highest BCUT2D eigenvalue weighted by atomic mass is 16.5. The van der Waals surface area contributed by atoms with E-state index in [-0.39, 0.29) is 17.7 Å². The lowest BCUT2D eigenvalue weighted by atomic mass is 9.96. The lowest BCUT2D eigenvalue weighted by Crippen LogP contribution is -2.46. The van der Waals surface area contributed by atoms with Crippen LogP contribution in [-0.2, 0) is 16.0 Å². The van der Waals surface area contributed by atoms with Gasteiger partial charge in [-0.25, -0.2) is 0 Å². The van der Waals surface area contributed by atoms with Crippen molar-refractivity contribution >= 4 is 11.8 Å². The van der Waals surface area contributed by atoms with Crippen molar-refractivity contribution in [2.75, 3.05) is 27.3 Å². The van der Waals surface area contributed by atoms with Crippen LogP contribution in [0.3, 0.4) is 0 Å². The van der Waals surface area contributed by atoms with Crippen LogP contribution in [0.2, 0.25) is 0 Å². The Bertz CT molecular complexity index is 642. The molecule has 1 atom stereocenters. The van der Waals surface area contributed by atoms with Gasteiger partial charge in [0.2, 0.25) is 11.8 Å². The van der Waals surface area contributed by atoms with Crippen molar-refractivity contribution in [3.8, 4) is 11.5 Å². The summed E-state index contributed by atoms with van der Waals surface area (Å²) in [6.45, 7) is 1.11. The van der Waals surface area contributed by atoms with Gasteiger partial charge in [0, 0.05) is 25.6 Å². The van der Waals surface area contributed by atoms with Gasteiger partial charge in [-0.05, 0) is 37.3 Å². The molecule has 1 N–H and O–H groups in total. The van der Waals surface area contributed by atoms with Crippen molar-refractivity contribution in [3.05, 3.63) is 23.8 Å². The summed E-state index contributed by atoms with van der Waals surface area (Å²) in [7, 11) is 3.23. The van der Waals surface area contributed by atoms with Crippen LogP contribution in [-0.4, -0.2) is 50.1 Å². The molecule has 2 fully saturated rings. The normalized spacial score (nSPS) is 20.3. The van der Waals surface area contributed by atoms with E-state index >= 15 is 0 Å². The molecule has 1 saturated carbocycles. The fourth-order valence-corrected chi connectivity index (χ4v) is 3.44. The molecule has 25 heavy (non-hydrogen) atoms. The molecule has 2 aliphatic rings. The molecule has 3 rings (SSSR count). The van der Waals surface area contributed by atoms with Gasteiger partial charge in [0.15, 0.2) is 11.5 Å². The van der Waals surface area contributed by atoms with E-state index in [1.54, 1.807) is 14.2 Å². The average molecular weight is 346 g/mol. The second kappa shape index (κ2) is 7.76. The predicted molar refractivity (Wildman–Crippen MR) is 93.7 cm³/mol. The molecular weight excluding hydrogens is 320 g/mol. The number of piperidine rings is 1. The molecular formula is C19H26N2O4. The van der Waals surface area contributed by atoms with E-state index in [0.29, 0.717) is 49.9 Å². The number of carbonyl (C=O) groups is 2. The maximum absolute atomic E-state index is 12.5. The Morgan fingerprint density at radius 3 is 2.72 bits per heavy atom. The van der Waals surface area contributed by atoms with Gasteiger partial charge in [0.1, 0.15) is 0 Å². The second-order valence-electron chi connectivity index (χ2n) is 6.71. The molecule has 0 aromatic heterocycles. The number of nitrogens with one attached hydrogen (secondary N) is 1. The zero-order chi connectivity index (χ0) is 17.8. The van der Waals surface area contributed by atoms with Crippen LogP contribution in [0.15, 0.2) is 18.2 Å². The first kappa shape index (κ1) is 17.6. The van der Waals surface area contributed by atoms with Crippen LogP contribution in [0.5, 0.6) is 11.5 Å². The number of methoxy groups -OCH3 is 2. The Balaban J connectivity index is 1.52. The predicted octanol–water partition coefficient (Wildman–Crippen LogP) is 1.76. The molecule has 1 aromatic rings. The van der Waals surface area contributed by atoms with Gasteiger partial charge in [0.05, 0.1) is 20.1 Å². The first-order valence-electron chi connectivity index (χ1n) is 8.91. The van der Waals surface area contributed by atoms with Gasteiger partial charge >= 0.3 is 0 Å². The van der Waals surface area contributed by atoms with Crippen LogP contribution >= 0.6 is 0 Å². The quantitative estimate of drug-likeness (QED) is 0.817. The van der Waals surface area contributed by atoms with Crippen molar-refractivity contribution < 1.29 is 19.1 Å². The Morgan fingerprint density at radius 1 is 1.24 bits per heavy atom. The van der Waals surface area contributed by atoms with Gasteiger partial charge in [-0.3, -0.25) is 9.59 Å². The molecule has 136 valence electrons. The fraction of sp³-hybridized carbons (Fsp3) is 0.579. The zero-order valence-corrected chi connectivity index (χ0v) is 14.9. The zero-order valence-electron chi connectivity index (χ0n) is 14.9. The third-order valence-electron chi connectivity index (χ3n) is 4.98. The van der Waals surface area contributed by atoms with E-state index in [2.05, 4.69) is 5.32 Å². The van der Waals surface area contributed by atoms with Crippen molar-refractivity contribution in [2.45, 2.75) is 38.1 Å². The molecule has 1 aliphatic carbocycles. The maximum Gasteiger partial charge on any atom is 0.224 e. The highest BCUT2D eigenvalue weighted by Crippen LogP contribution is 2.32. The Morgan fingerprint density at radius 2 is 2.04 bits per heavy atom. The number of hydrogen-bond donors (Lipinski definition) is 1. The summed E-state index contributed by atoms with van der Waals surface area (Å²) in [4.78, 5) is 26.3. The summed E-state index contributed by atoms with van der Waals surface area (Å²) in [5.41, 5.74) is 1.00. The summed E-state index contributed by atoms with van der Waals surface area (Å²) >= 11 is 0. The van der Waals surface area contributed by atoms with Crippen LogP contribution < -0.4 is 14.8 Å². The second-order valence-corrected chi connectivity index (χ2v) is 6.71. The number of ether oxygens (including phenoxy) is 2. The number of amides is 2. The number of likely N-dealkylation sites (tertiary alicyclic amines) is 1. The first-order chi connectivity index (χ1) is 12.1. The van der Waals surface area contributed by atoms with E-state index in [4.69, 9.17) is 9.47 Å². The molecule has 6 nitrogen and oxygen atoms in total. The smallest absolute Gasteiger partial charge is 0.224 e. The van der Waals surface area contributed by atoms with E-state index in [1.807, 2.05) is 23.1 Å². The largest absolute Gasteiger partial charge is 0.493 e. The number of carbonyl (C=O) groups excluding carboxylic acids is 2. The van der Waals surface area contributed by atoms with Crippen molar-refractivity contribution in [1.29, 1.82) is 0 Å². The van der Waals surface area contributed by atoms with Crippen LogP contribution in [0.1, 0.15) is 31.2 Å². The van der Waals surface area contributed by atoms with Crippen LogP contribution in [0.4, 0.5) is 0 Å². The van der Waals surface area contributed by atoms with E-state index in [0.717, 1.165) is 18.4 Å². The molecule has 1 heterocycles. The lowest BCUT2D eigenvalue weighted by Gasteiger charge is -2.32.